The van der Waals surface area contributed by atoms with E-state index in [1.807, 2.05) is 30.6 Å². The first-order valence-corrected chi connectivity index (χ1v) is 7.16. The van der Waals surface area contributed by atoms with Crippen molar-refractivity contribution in [1.29, 1.82) is 0 Å². The molecule has 3 rings (SSSR count). The molecule has 110 valence electrons. The quantitative estimate of drug-likeness (QED) is 0.884. The molecule has 0 spiro atoms. The van der Waals surface area contributed by atoms with Crippen molar-refractivity contribution in [3.63, 3.8) is 0 Å². The third-order valence-corrected chi connectivity index (χ3v) is 3.35. The zero-order valence-corrected chi connectivity index (χ0v) is 11.9. The molecule has 1 N–H and O–H groups in total. The zero-order valence-electron chi connectivity index (χ0n) is 11.9. The Bertz CT molecular complexity index is 540. The van der Waals surface area contributed by atoms with E-state index in [4.69, 9.17) is 4.74 Å². The highest BCUT2D eigenvalue weighted by atomic mass is 16.5. The third-order valence-electron chi connectivity index (χ3n) is 3.35. The smallest absolute Gasteiger partial charge is 0.225 e. The van der Waals surface area contributed by atoms with E-state index in [0.29, 0.717) is 0 Å². The Morgan fingerprint density at radius 3 is 2.57 bits per heavy atom. The summed E-state index contributed by atoms with van der Waals surface area (Å²) in [4.78, 5) is 15.3. The summed E-state index contributed by atoms with van der Waals surface area (Å²) in [6.45, 7) is 4.69. The molecule has 21 heavy (non-hydrogen) atoms. The van der Waals surface area contributed by atoms with Crippen LogP contribution in [0.15, 0.2) is 36.8 Å². The number of hydrogen-bond donors (Lipinski definition) is 1. The summed E-state index contributed by atoms with van der Waals surface area (Å²) >= 11 is 0. The number of nitrogens with one attached hydrogen (secondary N) is 1. The Balaban J connectivity index is 1.50. The molecule has 0 aliphatic carbocycles. The highest BCUT2D eigenvalue weighted by Crippen LogP contribution is 2.09. The van der Waals surface area contributed by atoms with Gasteiger partial charge in [0.05, 0.1) is 18.9 Å². The van der Waals surface area contributed by atoms with Crippen LogP contribution in [0.1, 0.15) is 11.3 Å². The van der Waals surface area contributed by atoms with E-state index in [-0.39, 0.29) is 0 Å². The number of aromatic nitrogens is 3. The second-order valence-electron chi connectivity index (χ2n) is 4.92. The fraction of sp³-hybridized carbons (Fsp3) is 0.400. The molecule has 6 nitrogen and oxygen atoms in total. The van der Waals surface area contributed by atoms with Crippen molar-refractivity contribution in [2.75, 3.05) is 31.2 Å². The van der Waals surface area contributed by atoms with Gasteiger partial charge in [-0.2, -0.15) is 0 Å². The van der Waals surface area contributed by atoms with Crippen LogP contribution < -0.4 is 10.2 Å². The lowest BCUT2D eigenvalue weighted by atomic mass is 10.3. The first-order valence-electron chi connectivity index (χ1n) is 7.16. The third kappa shape index (κ3) is 3.96. The maximum Gasteiger partial charge on any atom is 0.225 e. The molecule has 0 amide bonds. The minimum atomic E-state index is 0.736. The molecule has 0 bridgehead atoms. The molecule has 0 saturated carbocycles. The Hall–Kier alpha value is -2.05. The molecule has 6 heteroatoms. The van der Waals surface area contributed by atoms with Gasteiger partial charge in [-0.15, -0.1) is 0 Å². The second kappa shape index (κ2) is 7.10. The molecule has 0 unspecified atom stereocenters. The Kier molecular flexibility index (Phi) is 4.70. The first-order chi connectivity index (χ1) is 10.4. The van der Waals surface area contributed by atoms with Gasteiger partial charge >= 0.3 is 0 Å². The largest absolute Gasteiger partial charge is 0.378 e. The maximum atomic E-state index is 5.33. The molecule has 3 heterocycles. The van der Waals surface area contributed by atoms with Crippen LogP contribution in [-0.4, -0.2) is 41.3 Å². The van der Waals surface area contributed by atoms with Crippen LogP contribution in [0.2, 0.25) is 0 Å². The summed E-state index contributed by atoms with van der Waals surface area (Å²) in [5.41, 5.74) is 2.10. The molecule has 1 fully saturated rings. The molecule has 1 saturated heterocycles. The number of pyridine rings is 1. The van der Waals surface area contributed by atoms with Crippen molar-refractivity contribution in [3.05, 3.63) is 48.0 Å². The standard InChI is InChI=1S/C15H19N5O/c1-2-4-17-14(3-1)12-16-9-13-10-18-15(19-11-13)20-5-7-21-8-6-20/h1-4,10-11,16H,5-9,12H2. The predicted octanol–water partition coefficient (Wildman–Crippen LogP) is 0.998. The summed E-state index contributed by atoms with van der Waals surface area (Å²) in [5.74, 6) is 0.784. The number of rotatable bonds is 5. The zero-order chi connectivity index (χ0) is 14.3. The Morgan fingerprint density at radius 2 is 1.86 bits per heavy atom. The summed E-state index contributed by atoms with van der Waals surface area (Å²) in [6, 6.07) is 5.91. The number of hydrogen-bond acceptors (Lipinski definition) is 6. The molecule has 2 aromatic rings. The van der Waals surface area contributed by atoms with E-state index in [9.17, 15) is 0 Å². The van der Waals surface area contributed by atoms with Gasteiger partial charge < -0.3 is 15.0 Å². The van der Waals surface area contributed by atoms with Crippen LogP contribution in [-0.2, 0) is 17.8 Å². The van der Waals surface area contributed by atoms with E-state index < -0.39 is 0 Å². The SMILES string of the molecule is c1ccc(CNCc2cnc(N3CCOCC3)nc2)nc1. The fourth-order valence-electron chi connectivity index (χ4n) is 2.20. The van der Waals surface area contributed by atoms with Gasteiger partial charge in [0.25, 0.3) is 0 Å². The summed E-state index contributed by atoms with van der Waals surface area (Å²) in [6.07, 6.45) is 5.56. The van der Waals surface area contributed by atoms with E-state index >= 15 is 0 Å². The number of anilines is 1. The molecular weight excluding hydrogens is 266 g/mol. The summed E-state index contributed by atoms with van der Waals surface area (Å²) < 4.78 is 5.33. The van der Waals surface area contributed by atoms with Gasteiger partial charge in [-0.3, -0.25) is 4.98 Å². The average molecular weight is 285 g/mol. The number of nitrogens with zero attached hydrogens (tertiary/aromatic N) is 4. The normalized spacial score (nSPS) is 15.1. The Morgan fingerprint density at radius 1 is 1.05 bits per heavy atom. The van der Waals surface area contributed by atoms with Crippen molar-refractivity contribution in [2.45, 2.75) is 13.1 Å². The average Bonchev–Trinajstić information content (AvgIpc) is 2.57. The maximum absolute atomic E-state index is 5.33. The van der Waals surface area contributed by atoms with Crippen LogP contribution in [0.5, 0.6) is 0 Å². The van der Waals surface area contributed by atoms with Gasteiger partial charge in [-0.05, 0) is 12.1 Å². The molecule has 0 radical (unpaired) electrons. The van der Waals surface area contributed by atoms with Crippen molar-refractivity contribution >= 4 is 5.95 Å². The van der Waals surface area contributed by atoms with E-state index in [2.05, 4.69) is 25.2 Å². The predicted molar refractivity (Wildman–Crippen MR) is 79.8 cm³/mol. The highest BCUT2D eigenvalue weighted by Gasteiger charge is 2.13. The van der Waals surface area contributed by atoms with Crippen molar-refractivity contribution in [1.82, 2.24) is 20.3 Å². The number of morpholine rings is 1. The first kappa shape index (κ1) is 13.9. The van der Waals surface area contributed by atoms with Crippen LogP contribution in [0.3, 0.4) is 0 Å². The van der Waals surface area contributed by atoms with Gasteiger partial charge in [0.2, 0.25) is 5.95 Å². The molecule has 0 aromatic carbocycles. The molecular formula is C15H19N5O. The van der Waals surface area contributed by atoms with Crippen molar-refractivity contribution in [3.8, 4) is 0 Å². The number of ether oxygens (including phenoxy) is 1. The van der Waals surface area contributed by atoms with Crippen LogP contribution in [0.4, 0.5) is 5.95 Å². The minimum Gasteiger partial charge on any atom is -0.378 e. The van der Waals surface area contributed by atoms with Gasteiger partial charge in [0.15, 0.2) is 0 Å². The van der Waals surface area contributed by atoms with Crippen molar-refractivity contribution in [2.24, 2.45) is 0 Å². The van der Waals surface area contributed by atoms with E-state index in [0.717, 1.165) is 56.6 Å². The molecule has 1 aliphatic heterocycles. The molecule has 2 aromatic heterocycles. The van der Waals surface area contributed by atoms with Crippen molar-refractivity contribution < 1.29 is 4.74 Å². The fourth-order valence-corrected chi connectivity index (χ4v) is 2.20. The molecule has 0 atom stereocenters. The van der Waals surface area contributed by atoms with Crippen LogP contribution in [0.25, 0.3) is 0 Å². The van der Waals surface area contributed by atoms with E-state index in [1.165, 1.54) is 0 Å². The minimum absolute atomic E-state index is 0.736. The summed E-state index contributed by atoms with van der Waals surface area (Å²) in [7, 11) is 0. The summed E-state index contributed by atoms with van der Waals surface area (Å²) in [5, 5.41) is 3.34. The highest BCUT2D eigenvalue weighted by molar-refractivity contribution is 5.30. The molecule has 1 aliphatic rings. The van der Waals surface area contributed by atoms with Gasteiger partial charge in [-0.1, -0.05) is 6.07 Å². The second-order valence-corrected chi connectivity index (χ2v) is 4.92. The Labute approximate surface area is 124 Å². The lowest BCUT2D eigenvalue weighted by Crippen LogP contribution is -2.37. The lowest BCUT2D eigenvalue weighted by molar-refractivity contribution is 0.122. The van der Waals surface area contributed by atoms with Crippen LogP contribution in [0, 0.1) is 0 Å². The van der Waals surface area contributed by atoms with Gasteiger partial charge in [-0.25, -0.2) is 9.97 Å². The van der Waals surface area contributed by atoms with Gasteiger partial charge in [0.1, 0.15) is 0 Å². The topological polar surface area (TPSA) is 63.2 Å². The van der Waals surface area contributed by atoms with E-state index in [1.54, 1.807) is 6.20 Å². The lowest BCUT2D eigenvalue weighted by Gasteiger charge is -2.26. The van der Waals surface area contributed by atoms with Gasteiger partial charge in [0, 0.05) is 50.3 Å². The van der Waals surface area contributed by atoms with Crippen LogP contribution >= 0.6 is 0 Å². The monoisotopic (exact) mass is 285 g/mol.